The predicted octanol–water partition coefficient (Wildman–Crippen LogP) is 2.96. The highest BCUT2D eigenvalue weighted by Crippen LogP contribution is 2.24. The highest BCUT2D eigenvalue weighted by atomic mass is 15.1. The van der Waals surface area contributed by atoms with Crippen molar-refractivity contribution in [3.63, 3.8) is 0 Å². The van der Waals surface area contributed by atoms with Crippen molar-refractivity contribution in [2.75, 3.05) is 13.1 Å². The van der Waals surface area contributed by atoms with Crippen molar-refractivity contribution < 1.29 is 0 Å². The molecule has 2 rings (SSSR count). The molecule has 1 N–H and O–H groups in total. The van der Waals surface area contributed by atoms with E-state index in [0.29, 0.717) is 6.04 Å². The van der Waals surface area contributed by atoms with Crippen molar-refractivity contribution in [2.24, 2.45) is 5.92 Å². The summed E-state index contributed by atoms with van der Waals surface area (Å²) in [5.74, 6) is 0.721. The fourth-order valence-electron chi connectivity index (χ4n) is 2.78. The maximum Gasteiger partial charge on any atom is 0.0954 e. The lowest BCUT2D eigenvalue weighted by atomic mass is 10.0. The Kier molecular flexibility index (Phi) is 4.81. The molecule has 1 aromatic heterocycles. The van der Waals surface area contributed by atoms with Crippen LogP contribution in [0.25, 0.3) is 0 Å². The number of rotatable bonds is 6. The third-order valence-electron chi connectivity index (χ3n) is 3.86. The van der Waals surface area contributed by atoms with Crippen LogP contribution in [0.1, 0.15) is 57.5 Å². The van der Waals surface area contributed by atoms with Crippen LogP contribution in [-0.4, -0.2) is 22.6 Å². The molecule has 0 spiro atoms. The summed E-state index contributed by atoms with van der Waals surface area (Å²) in [7, 11) is 0. The van der Waals surface area contributed by atoms with Crippen LogP contribution in [0.2, 0.25) is 0 Å². The molecular weight excluding hydrogens is 222 g/mol. The smallest absolute Gasteiger partial charge is 0.0954 e. The van der Waals surface area contributed by atoms with Crippen molar-refractivity contribution in [3.8, 4) is 0 Å². The molecular formula is C15H27N3. The minimum Gasteiger partial charge on any atom is -0.330 e. The van der Waals surface area contributed by atoms with Crippen LogP contribution >= 0.6 is 0 Å². The quantitative estimate of drug-likeness (QED) is 0.840. The first-order chi connectivity index (χ1) is 8.72. The van der Waals surface area contributed by atoms with Gasteiger partial charge in [0.2, 0.25) is 0 Å². The van der Waals surface area contributed by atoms with Gasteiger partial charge in [0.25, 0.3) is 0 Å². The summed E-state index contributed by atoms with van der Waals surface area (Å²) in [5, 5.41) is 3.58. The van der Waals surface area contributed by atoms with E-state index in [0.717, 1.165) is 19.0 Å². The molecule has 0 saturated heterocycles. The van der Waals surface area contributed by atoms with E-state index in [2.05, 4.69) is 42.0 Å². The van der Waals surface area contributed by atoms with Gasteiger partial charge in [0.1, 0.15) is 0 Å². The molecule has 0 bridgehead atoms. The topological polar surface area (TPSA) is 29.9 Å². The van der Waals surface area contributed by atoms with Gasteiger partial charge in [-0.05, 0) is 44.6 Å². The fourth-order valence-corrected chi connectivity index (χ4v) is 2.78. The van der Waals surface area contributed by atoms with Crippen molar-refractivity contribution >= 4 is 0 Å². The first-order valence-electron chi connectivity index (χ1n) is 7.47. The van der Waals surface area contributed by atoms with E-state index in [1.165, 1.54) is 43.5 Å². The maximum absolute atomic E-state index is 4.60. The second kappa shape index (κ2) is 6.37. The van der Waals surface area contributed by atoms with Gasteiger partial charge in [0.15, 0.2) is 0 Å². The molecule has 18 heavy (non-hydrogen) atoms. The molecule has 0 aliphatic heterocycles. The molecule has 1 unspecified atom stereocenters. The SMILES string of the molecule is CCC(CNCC(C)C)n1cnc2c1CCCC2. The molecule has 0 fully saturated rings. The van der Waals surface area contributed by atoms with E-state index >= 15 is 0 Å². The molecule has 1 aromatic rings. The van der Waals surface area contributed by atoms with Gasteiger partial charge in [-0.2, -0.15) is 0 Å². The summed E-state index contributed by atoms with van der Waals surface area (Å²) >= 11 is 0. The van der Waals surface area contributed by atoms with Crippen molar-refractivity contribution in [1.82, 2.24) is 14.9 Å². The molecule has 1 aliphatic carbocycles. The number of aromatic nitrogens is 2. The van der Waals surface area contributed by atoms with Crippen LogP contribution in [0.5, 0.6) is 0 Å². The first kappa shape index (κ1) is 13.6. The number of hydrogen-bond acceptors (Lipinski definition) is 2. The summed E-state index contributed by atoms with van der Waals surface area (Å²) in [5.41, 5.74) is 2.85. The van der Waals surface area contributed by atoms with Gasteiger partial charge in [0.05, 0.1) is 12.0 Å². The van der Waals surface area contributed by atoms with Gasteiger partial charge < -0.3 is 9.88 Å². The lowest BCUT2D eigenvalue weighted by Crippen LogP contribution is -2.28. The van der Waals surface area contributed by atoms with Crippen LogP contribution in [-0.2, 0) is 12.8 Å². The Morgan fingerprint density at radius 3 is 2.78 bits per heavy atom. The van der Waals surface area contributed by atoms with Crippen LogP contribution < -0.4 is 5.32 Å². The van der Waals surface area contributed by atoms with E-state index in [9.17, 15) is 0 Å². The maximum atomic E-state index is 4.60. The number of imidazole rings is 1. The summed E-state index contributed by atoms with van der Waals surface area (Å²) < 4.78 is 2.43. The number of fused-ring (bicyclic) bond motifs is 1. The Morgan fingerprint density at radius 2 is 2.06 bits per heavy atom. The van der Waals surface area contributed by atoms with E-state index in [4.69, 9.17) is 0 Å². The molecule has 0 radical (unpaired) electrons. The summed E-state index contributed by atoms with van der Waals surface area (Å²) in [6, 6.07) is 0.568. The minimum atomic E-state index is 0.568. The summed E-state index contributed by atoms with van der Waals surface area (Å²) in [6.07, 6.45) is 8.28. The summed E-state index contributed by atoms with van der Waals surface area (Å²) in [6.45, 7) is 8.96. The normalized spacial score (nSPS) is 16.9. The average Bonchev–Trinajstić information content (AvgIpc) is 2.78. The average molecular weight is 249 g/mol. The Hall–Kier alpha value is -0.830. The van der Waals surface area contributed by atoms with E-state index < -0.39 is 0 Å². The van der Waals surface area contributed by atoms with Gasteiger partial charge in [-0.3, -0.25) is 0 Å². The lowest BCUT2D eigenvalue weighted by molar-refractivity contribution is 0.416. The molecule has 1 atom stereocenters. The zero-order valence-electron chi connectivity index (χ0n) is 12.1. The van der Waals surface area contributed by atoms with Gasteiger partial charge >= 0.3 is 0 Å². The Morgan fingerprint density at radius 1 is 1.28 bits per heavy atom. The zero-order valence-corrected chi connectivity index (χ0v) is 12.1. The monoisotopic (exact) mass is 249 g/mol. The third kappa shape index (κ3) is 3.14. The number of nitrogens with one attached hydrogen (secondary N) is 1. The Balaban J connectivity index is 2.01. The van der Waals surface area contributed by atoms with Gasteiger partial charge in [-0.1, -0.05) is 20.8 Å². The molecule has 102 valence electrons. The van der Waals surface area contributed by atoms with Gasteiger partial charge in [0, 0.05) is 18.3 Å². The van der Waals surface area contributed by atoms with Crippen LogP contribution in [0, 0.1) is 5.92 Å². The van der Waals surface area contributed by atoms with E-state index in [1.54, 1.807) is 0 Å². The zero-order chi connectivity index (χ0) is 13.0. The third-order valence-corrected chi connectivity index (χ3v) is 3.86. The van der Waals surface area contributed by atoms with Crippen molar-refractivity contribution in [2.45, 2.75) is 58.9 Å². The van der Waals surface area contributed by atoms with E-state index in [1.807, 2.05) is 0 Å². The summed E-state index contributed by atoms with van der Waals surface area (Å²) in [4.78, 5) is 4.60. The van der Waals surface area contributed by atoms with Gasteiger partial charge in [-0.25, -0.2) is 4.98 Å². The standard InChI is InChI=1S/C15H27N3/c1-4-13(10-16-9-12(2)3)18-11-17-14-7-5-6-8-15(14)18/h11-13,16H,4-10H2,1-3H3. The van der Waals surface area contributed by atoms with E-state index in [-0.39, 0.29) is 0 Å². The fraction of sp³-hybridized carbons (Fsp3) is 0.800. The lowest BCUT2D eigenvalue weighted by Gasteiger charge is -2.22. The van der Waals surface area contributed by atoms with Gasteiger partial charge in [-0.15, -0.1) is 0 Å². The Labute approximate surface area is 111 Å². The first-order valence-corrected chi connectivity index (χ1v) is 7.47. The molecule has 0 saturated carbocycles. The number of aryl methyl sites for hydroxylation is 1. The second-order valence-corrected chi connectivity index (χ2v) is 5.87. The van der Waals surface area contributed by atoms with Crippen LogP contribution in [0.4, 0.5) is 0 Å². The predicted molar refractivity (Wildman–Crippen MR) is 75.9 cm³/mol. The number of nitrogens with zero attached hydrogens (tertiary/aromatic N) is 2. The Bertz CT molecular complexity index is 368. The van der Waals surface area contributed by atoms with Crippen LogP contribution in [0.3, 0.4) is 0 Å². The largest absolute Gasteiger partial charge is 0.330 e. The second-order valence-electron chi connectivity index (χ2n) is 5.87. The van der Waals surface area contributed by atoms with Crippen molar-refractivity contribution in [1.29, 1.82) is 0 Å². The van der Waals surface area contributed by atoms with Crippen molar-refractivity contribution in [3.05, 3.63) is 17.7 Å². The molecule has 0 aromatic carbocycles. The molecule has 0 amide bonds. The minimum absolute atomic E-state index is 0.568. The number of hydrogen-bond donors (Lipinski definition) is 1. The molecule has 3 heteroatoms. The highest BCUT2D eigenvalue weighted by molar-refractivity contribution is 5.17. The molecule has 3 nitrogen and oxygen atoms in total. The highest BCUT2D eigenvalue weighted by Gasteiger charge is 2.19. The van der Waals surface area contributed by atoms with Crippen LogP contribution in [0.15, 0.2) is 6.33 Å². The molecule has 1 aliphatic rings. The molecule has 1 heterocycles.